The van der Waals surface area contributed by atoms with E-state index in [1.165, 1.54) is 18.4 Å². The summed E-state index contributed by atoms with van der Waals surface area (Å²) in [5, 5.41) is 3.65. The van der Waals surface area contributed by atoms with Gasteiger partial charge >= 0.3 is 0 Å². The number of hydrogen-bond donors (Lipinski definition) is 1. The summed E-state index contributed by atoms with van der Waals surface area (Å²) in [7, 11) is 0. The third-order valence-electron chi connectivity index (χ3n) is 4.32. The molecule has 1 aromatic rings. The molecule has 3 atom stereocenters. The smallest absolute Gasteiger partial charge is 0.119 e. The van der Waals surface area contributed by atoms with Crippen molar-refractivity contribution in [2.24, 2.45) is 0 Å². The zero-order chi connectivity index (χ0) is 14.7. The van der Waals surface area contributed by atoms with Gasteiger partial charge in [-0.15, -0.1) is 0 Å². The first-order valence-corrected chi connectivity index (χ1v) is 8.41. The Morgan fingerprint density at radius 2 is 1.95 bits per heavy atom. The molecule has 3 rings (SSSR count). The molecule has 3 nitrogen and oxygen atoms in total. The Bertz CT molecular complexity index is 441. The highest BCUT2D eigenvalue weighted by molar-refractivity contribution is 5.30. The highest BCUT2D eigenvalue weighted by Crippen LogP contribution is 2.32. The van der Waals surface area contributed by atoms with Gasteiger partial charge in [-0.05, 0) is 63.3 Å². The molecule has 0 radical (unpaired) electrons. The Kier molecular flexibility index (Phi) is 4.81. The summed E-state index contributed by atoms with van der Waals surface area (Å²) in [5.74, 6) is 0.996. The van der Waals surface area contributed by atoms with Gasteiger partial charge in [0, 0.05) is 0 Å². The molecular formula is C18H27NO2. The van der Waals surface area contributed by atoms with E-state index in [4.69, 9.17) is 9.47 Å². The van der Waals surface area contributed by atoms with Crippen LogP contribution in [0.5, 0.6) is 5.75 Å². The average molecular weight is 289 g/mol. The lowest BCUT2D eigenvalue weighted by Crippen LogP contribution is -2.32. The van der Waals surface area contributed by atoms with Crippen LogP contribution in [0.15, 0.2) is 24.3 Å². The van der Waals surface area contributed by atoms with Gasteiger partial charge in [-0.1, -0.05) is 19.1 Å². The van der Waals surface area contributed by atoms with E-state index < -0.39 is 0 Å². The second-order valence-electron chi connectivity index (χ2n) is 6.38. The number of rotatable bonds is 7. The molecule has 3 heteroatoms. The molecule has 0 aromatic heterocycles. The minimum atomic E-state index is 0.293. The minimum absolute atomic E-state index is 0.293. The van der Waals surface area contributed by atoms with Crippen LogP contribution in [0.25, 0.3) is 0 Å². The van der Waals surface area contributed by atoms with Gasteiger partial charge in [0.15, 0.2) is 0 Å². The molecule has 1 saturated carbocycles. The second-order valence-corrected chi connectivity index (χ2v) is 6.38. The number of benzene rings is 1. The molecule has 21 heavy (non-hydrogen) atoms. The van der Waals surface area contributed by atoms with Crippen molar-refractivity contribution in [3.63, 3.8) is 0 Å². The van der Waals surface area contributed by atoms with Gasteiger partial charge in [0.05, 0.1) is 24.4 Å². The average Bonchev–Trinajstić information content (AvgIpc) is 3.21. The molecule has 1 aliphatic carbocycles. The van der Waals surface area contributed by atoms with Gasteiger partial charge in [-0.25, -0.2) is 0 Å². The molecule has 1 heterocycles. The first-order valence-electron chi connectivity index (χ1n) is 8.41. The van der Waals surface area contributed by atoms with Crippen LogP contribution in [0.2, 0.25) is 0 Å². The summed E-state index contributed by atoms with van der Waals surface area (Å²) in [6.45, 7) is 5.40. The van der Waals surface area contributed by atoms with E-state index in [9.17, 15) is 0 Å². The minimum Gasteiger partial charge on any atom is -0.490 e. The number of nitrogens with one attached hydrogen (secondary N) is 1. The maximum atomic E-state index is 6.09. The van der Waals surface area contributed by atoms with Crippen LogP contribution in [0.4, 0.5) is 0 Å². The zero-order valence-electron chi connectivity index (χ0n) is 13.2. The molecule has 1 aliphatic heterocycles. The number of hydrogen-bond acceptors (Lipinski definition) is 3. The largest absolute Gasteiger partial charge is 0.490 e. The SMILES string of the molecule is CCCNC(c1ccc(OC2CC2)cc1)C1CCC(C)O1. The summed E-state index contributed by atoms with van der Waals surface area (Å²) < 4.78 is 11.9. The quantitative estimate of drug-likeness (QED) is 0.827. The van der Waals surface area contributed by atoms with Crippen molar-refractivity contribution in [1.29, 1.82) is 0 Å². The van der Waals surface area contributed by atoms with E-state index in [0.29, 0.717) is 24.4 Å². The normalized spacial score (nSPS) is 26.8. The maximum Gasteiger partial charge on any atom is 0.119 e. The first-order chi connectivity index (χ1) is 10.3. The standard InChI is InChI=1S/C18H27NO2/c1-3-12-19-18(17-11-4-13(2)20-17)14-5-7-15(8-6-14)21-16-9-10-16/h5-8,13,16-19H,3-4,9-12H2,1-2H3. The van der Waals surface area contributed by atoms with Crippen LogP contribution in [0.3, 0.4) is 0 Å². The molecule has 1 aromatic carbocycles. The van der Waals surface area contributed by atoms with Gasteiger partial charge in [0.25, 0.3) is 0 Å². The van der Waals surface area contributed by atoms with Crippen molar-refractivity contribution in [2.75, 3.05) is 6.54 Å². The molecular weight excluding hydrogens is 262 g/mol. The van der Waals surface area contributed by atoms with Crippen LogP contribution in [0, 0.1) is 0 Å². The fourth-order valence-corrected chi connectivity index (χ4v) is 2.97. The lowest BCUT2D eigenvalue weighted by atomic mass is 9.99. The van der Waals surface area contributed by atoms with E-state index in [0.717, 1.165) is 31.6 Å². The third kappa shape index (κ3) is 3.98. The van der Waals surface area contributed by atoms with Crippen molar-refractivity contribution in [2.45, 2.75) is 70.3 Å². The van der Waals surface area contributed by atoms with Crippen LogP contribution in [0.1, 0.15) is 57.6 Å². The fourth-order valence-electron chi connectivity index (χ4n) is 2.97. The Labute approximate surface area is 128 Å². The van der Waals surface area contributed by atoms with Crippen molar-refractivity contribution in [3.05, 3.63) is 29.8 Å². The molecule has 2 aliphatic rings. The first kappa shape index (κ1) is 14.9. The van der Waals surface area contributed by atoms with Gasteiger partial charge in [-0.3, -0.25) is 0 Å². The van der Waals surface area contributed by atoms with Crippen molar-refractivity contribution in [1.82, 2.24) is 5.32 Å². The fraction of sp³-hybridized carbons (Fsp3) is 0.667. The summed E-state index contributed by atoms with van der Waals surface area (Å²) >= 11 is 0. The zero-order valence-corrected chi connectivity index (χ0v) is 13.2. The van der Waals surface area contributed by atoms with Crippen LogP contribution < -0.4 is 10.1 Å². The summed E-state index contributed by atoms with van der Waals surface area (Å²) in [6, 6.07) is 8.89. The van der Waals surface area contributed by atoms with Crippen LogP contribution in [-0.2, 0) is 4.74 Å². The molecule has 0 amide bonds. The summed E-state index contributed by atoms with van der Waals surface area (Å²) in [4.78, 5) is 0. The Morgan fingerprint density at radius 1 is 1.19 bits per heavy atom. The highest BCUT2D eigenvalue weighted by Gasteiger charge is 2.30. The molecule has 2 fully saturated rings. The van der Waals surface area contributed by atoms with Crippen LogP contribution in [-0.4, -0.2) is 24.9 Å². The third-order valence-corrected chi connectivity index (χ3v) is 4.32. The summed E-state index contributed by atoms with van der Waals surface area (Å²) in [6.07, 6.45) is 7.00. The van der Waals surface area contributed by atoms with E-state index in [-0.39, 0.29) is 0 Å². The molecule has 1 N–H and O–H groups in total. The monoisotopic (exact) mass is 289 g/mol. The van der Waals surface area contributed by atoms with E-state index in [1.807, 2.05) is 0 Å². The molecule has 116 valence electrons. The van der Waals surface area contributed by atoms with Gasteiger partial charge in [0.2, 0.25) is 0 Å². The molecule has 3 unspecified atom stereocenters. The predicted molar refractivity (Wildman–Crippen MR) is 84.7 cm³/mol. The van der Waals surface area contributed by atoms with Crippen molar-refractivity contribution in [3.8, 4) is 5.75 Å². The molecule has 0 bridgehead atoms. The Balaban J connectivity index is 1.68. The van der Waals surface area contributed by atoms with Gasteiger partial charge < -0.3 is 14.8 Å². The highest BCUT2D eigenvalue weighted by atomic mass is 16.5. The predicted octanol–water partition coefficient (Wildman–Crippen LogP) is 3.84. The number of ether oxygens (including phenoxy) is 2. The van der Waals surface area contributed by atoms with Crippen LogP contribution >= 0.6 is 0 Å². The Morgan fingerprint density at radius 3 is 2.52 bits per heavy atom. The molecule has 0 spiro atoms. The van der Waals surface area contributed by atoms with Gasteiger partial charge in [0.1, 0.15) is 5.75 Å². The van der Waals surface area contributed by atoms with Crippen molar-refractivity contribution >= 4 is 0 Å². The van der Waals surface area contributed by atoms with E-state index >= 15 is 0 Å². The Hall–Kier alpha value is -1.06. The second kappa shape index (κ2) is 6.80. The van der Waals surface area contributed by atoms with E-state index in [1.54, 1.807) is 0 Å². The topological polar surface area (TPSA) is 30.5 Å². The summed E-state index contributed by atoms with van der Waals surface area (Å²) in [5.41, 5.74) is 1.31. The van der Waals surface area contributed by atoms with E-state index in [2.05, 4.69) is 43.4 Å². The van der Waals surface area contributed by atoms with Gasteiger partial charge in [-0.2, -0.15) is 0 Å². The van der Waals surface area contributed by atoms with Crippen molar-refractivity contribution < 1.29 is 9.47 Å². The maximum absolute atomic E-state index is 6.09. The lowest BCUT2D eigenvalue weighted by molar-refractivity contribution is 0.0316. The lowest BCUT2D eigenvalue weighted by Gasteiger charge is -2.25. The molecule has 1 saturated heterocycles.